The van der Waals surface area contributed by atoms with Crippen LogP contribution in [0, 0.1) is 0 Å². The molecule has 1 unspecified atom stereocenters. The van der Waals surface area contributed by atoms with E-state index in [2.05, 4.69) is 27.1 Å². The van der Waals surface area contributed by atoms with Crippen molar-refractivity contribution in [1.29, 1.82) is 0 Å². The number of carbonyl (C=O) groups is 1. The zero-order chi connectivity index (χ0) is 19.8. The summed E-state index contributed by atoms with van der Waals surface area (Å²) in [7, 11) is 1.62. The van der Waals surface area contributed by atoms with Gasteiger partial charge in [-0.25, -0.2) is 9.97 Å². The summed E-state index contributed by atoms with van der Waals surface area (Å²) in [5.74, 6) is 2.13. The van der Waals surface area contributed by atoms with Crippen molar-refractivity contribution >= 4 is 11.7 Å². The van der Waals surface area contributed by atoms with E-state index < -0.39 is 0 Å². The number of hydrogen-bond acceptors (Lipinski definition) is 6. The van der Waals surface area contributed by atoms with Gasteiger partial charge in [0.15, 0.2) is 0 Å². The smallest absolute Gasteiger partial charge is 0.270 e. The predicted octanol–water partition coefficient (Wildman–Crippen LogP) is 3.06. The molecule has 28 heavy (non-hydrogen) atoms. The first-order valence-electron chi connectivity index (χ1n) is 9.85. The van der Waals surface area contributed by atoms with Gasteiger partial charge in [0.1, 0.15) is 35.9 Å². The minimum absolute atomic E-state index is 0.216. The molecule has 1 aliphatic rings. The largest absolute Gasteiger partial charge is 0.497 e. The molecule has 0 aliphatic carbocycles. The summed E-state index contributed by atoms with van der Waals surface area (Å²) in [4.78, 5) is 23.3. The maximum atomic E-state index is 12.4. The third-order valence-electron chi connectivity index (χ3n) is 4.99. The van der Waals surface area contributed by atoms with Crippen LogP contribution in [0.4, 0.5) is 5.82 Å². The first-order valence-corrected chi connectivity index (χ1v) is 9.85. The normalized spacial score (nSPS) is 16.5. The zero-order valence-electron chi connectivity index (χ0n) is 16.6. The van der Waals surface area contributed by atoms with Gasteiger partial charge >= 0.3 is 0 Å². The predicted molar refractivity (Wildman–Crippen MR) is 108 cm³/mol. The first-order chi connectivity index (χ1) is 13.7. The number of carbonyl (C=O) groups excluding carboxylic acids is 1. The molecule has 1 N–H and O–H groups in total. The second kappa shape index (κ2) is 9.92. The molecule has 1 fully saturated rings. The molecule has 0 bridgehead atoms. The van der Waals surface area contributed by atoms with E-state index in [0.717, 1.165) is 36.7 Å². The van der Waals surface area contributed by atoms with Gasteiger partial charge in [-0.2, -0.15) is 0 Å². The van der Waals surface area contributed by atoms with E-state index in [4.69, 9.17) is 9.47 Å². The third kappa shape index (κ3) is 5.12. The van der Waals surface area contributed by atoms with Gasteiger partial charge in [-0.3, -0.25) is 4.79 Å². The second-order valence-electron chi connectivity index (χ2n) is 6.79. The molecule has 0 radical (unpaired) electrons. The lowest BCUT2D eigenvalue weighted by Crippen LogP contribution is -2.40. The Hall–Kier alpha value is -2.83. The summed E-state index contributed by atoms with van der Waals surface area (Å²) >= 11 is 0. The van der Waals surface area contributed by atoms with E-state index in [1.54, 1.807) is 13.2 Å². The van der Waals surface area contributed by atoms with Crippen LogP contribution in [-0.4, -0.2) is 48.7 Å². The number of benzene rings is 1. The van der Waals surface area contributed by atoms with Crippen LogP contribution in [0.3, 0.4) is 0 Å². The molecule has 2 aromatic rings. The van der Waals surface area contributed by atoms with E-state index in [0.29, 0.717) is 24.9 Å². The molecule has 150 valence electrons. The SMILES string of the molecule is CCC1CCCCN1c1cc(C(=O)NCCOc2ccc(OC)cc2)ncn1. The summed E-state index contributed by atoms with van der Waals surface area (Å²) < 4.78 is 10.7. The number of nitrogens with zero attached hydrogens (tertiary/aromatic N) is 3. The standard InChI is InChI=1S/C21H28N4O3/c1-3-16-6-4-5-12-25(16)20-14-19(23-15-24-20)21(26)22-11-13-28-18-9-7-17(27-2)8-10-18/h7-10,14-16H,3-6,11-13H2,1-2H3,(H,22,26). The first kappa shape index (κ1) is 19.9. The van der Waals surface area contributed by atoms with Crippen molar-refractivity contribution in [1.82, 2.24) is 15.3 Å². The summed E-state index contributed by atoms with van der Waals surface area (Å²) in [6.45, 7) is 3.94. The number of amides is 1. The van der Waals surface area contributed by atoms with E-state index in [1.807, 2.05) is 24.3 Å². The Labute approximate surface area is 166 Å². The van der Waals surface area contributed by atoms with Crippen LogP contribution in [-0.2, 0) is 0 Å². The van der Waals surface area contributed by atoms with Gasteiger partial charge in [0.05, 0.1) is 13.7 Å². The number of nitrogens with one attached hydrogen (secondary N) is 1. The Balaban J connectivity index is 1.51. The van der Waals surface area contributed by atoms with Crippen LogP contribution in [0.2, 0.25) is 0 Å². The molecule has 7 nitrogen and oxygen atoms in total. The number of aromatic nitrogens is 2. The Kier molecular flexibility index (Phi) is 7.06. The molecule has 0 saturated carbocycles. The molecule has 1 atom stereocenters. The van der Waals surface area contributed by atoms with Crippen LogP contribution in [0.25, 0.3) is 0 Å². The molecular weight excluding hydrogens is 356 g/mol. The fourth-order valence-electron chi connectivity index (χ4n) is 3.45. The van der Waals surface area contributed by atoms with Crippen LogP contribution in [0.1, 0.15) is 43.1 Å². The minimum Gasteiger partial charge on any atom is -0.497 e. The second-order valence-corrected chi connectivity index (χ2v) is 6.79. The average molecular weight is 384 g/mol. The van der Waals surface area contributed by atoms with Crippen LogP contribution in [0.15, 0.2) is 36.7 Å². The maximum Gasteiger partial charge on any atom is 0.270 e. The van der Waals surface area contributed by atoms with E-state index in [9.17, 15) is 4.79 Å². The van der Waals surface area contributed by atoms with E-state index in [-0.39, 0.29) is 5.91 Å². The number of ether oxygens (including phenoxy) is 2. The monoisotopic (exact) mass is 384 g/mol. The van der Waals surface area contributed by atoms with Gasteiger partial charge in [-0.1, -0.05) is 6.92 Å². The van der Waals surface area contributed by atoms with Crippen molar-refractivity contribution in [3.8, 4) is 11.5 Å². The minimum atomic E-state index is -0.216. The Morgan fingerprint density at radius 2 is 2.00 bits per heavy atom. The van der Waals surface area contributed by atoms with E-state index in [1.165, 1.54) is 19.2 Å². The molecule has 1 aliphatic heterocycles. The summed E-state index contributed by atoms with van der Waals surface area (Å²) in [5.41, 5.74) is 0.384. The maximum absolute atomic E-state index is 12.4. The lowest BCUT2D eigenvalue weighted by molar-refractivity contribution is 0.0942. The van der Waals surface area contributed by atoms with Crippen molar-refractivity contribution < 1.29 is 14.3 Å². The number of piperidine rings is 1. The van der Waals surface area contributed by atoms with Gasteiger partial charge in [0.2, 0.25) is 0 Å². The number of methoxy groups -OCH3 is 1. The number of rotatable bonds is 8. The highest BCUT2D eigenvalue weighted by Gasteiger charge is 2.23. The van der Waals surface area contributed by atoms with Gasteiger partial charge in [0.25, 0.3) is 5.91 Å². The van der Waals surface area contributed by atoms with Crippen molar-refractivity contribution in [3.05, 3.63) is 42.4 Å². The third-order valence-corrected chi connectivity index (χ3v) is 4.99. The molecule has 1 saturated heterocycles. The Morgan fingerprint density at radius 3 is 2.75 bits per heavy atom. The lowest BCUT2D eigenvalue weighted by atomic mass is 10.00. The fourth-order valence-corrected chi connectivity index (χ4v) is 3.45. The molecule has 1 aromatic carbocycles. The van der Waals surface area contributed by atoms with Crippen LogP contribution < -0.4 is 19.7 Å². The van der Waals surface area contributed by atoms with Gasteiger partial charge in [-0.15, -0.1) is 0 Å². The molecule has 1 amide bonds. The Morgan fingerprint density at radius 1 is 1.21 bits per heavy atom. The van der Waals surface area contributed by atoms with Crippen molar-refractivity contribution in [2.45, 2.75) is 38.6 Å². The number of hydrogen-bond donors (Lipinski definition) is 1. The molecule has 1 aromatic heterocycles. The van der Waals surface area contributed by atoms with Crippen molar-refractivity contribution in [3.63, 3.8) is 0 Å². The number of anilines is 1. The average Bonchev–Trinajstić information content (AvgIpc) is 2.77. The summed E-state index contributed by atoms with van der Waals surface area (Å²) in [6, 6.07) is 9.60. The van der Waals surface area contributed by atoms with Crippen LogP contribution >= 0.6 is 0 Å². The van der Waals surface area contributed by atoms with Gasteiger partial charge in [-0.05, 0) is 49.9 Å². The molecule has 2 heterocycles. The van der Waals surface area contributed by atoms with Gasteiger partial charge in [0, 0.05) is 18.7 Å². The highest BCUT2D eigenvalue weighted by molar-refractivity contribution is 5.92. The summed E-state index contributed by atoms with van der Waals surface area (Å²) in [6.07, 6.45) is 6.13. The summed E-state index contributed by atoms with van der Waals surface area (Å²) in [5, 5.41) is 2.85. The fraction of sp³-hybridized carbons (Fsp3) is 0.476. The highest BCUT2D eigenvalue weighted by atomic mass is 16.5. The van der Waals surface area contributed by atoms with Crippen LogP contribution in [0.5, 0.6) is 11.5 Å². The zero-order valence-corrected chi connectivity index (χ0v) is 16.6. The topological polar surface area (TPSA) is 76.6 Å². The molecular formula is C21H28N4O3. The molecule has 7 heteroatoms. The quantitative estimate of drug-likeness (QED) is 0.705. The van der Waals surface area contributed by atoms with Crippen molar-refractivity contribution in [2.24, 2.45) is 0 Å². The van der Waals surface area contributed by atoms with Gasteiger partial charge < -0.3 is 19.7 Å². The lowest BCUT2D eigenvalue weighted by Gasteiger charge is -2.36. The Bertz CT molecular complexity index is 767. The molecule has 3 rings (SSSR count). The van der Waals surface area contributed by atoms with E-state index >= 15 is 0 Å². The molecule has 0 spiro atoms. The van der Waals surface area contributed by atoms with Crippen molar-refractivity contribution in [2.75, 3.05) is 31.7 Å². The highest BCUT2D eigenvalue weighted by Crippen LogP contribution is 2.25.